The summed E-state index contributed by atoms with van der Waals surface area (Å²) < 4.78 is 1.85. The Labute approximate surface area is 103 Å². The Kier molecular flexibility index (Phi) is 6.57. The van der Waals surface area contributed by atoms with E-state index in [0.29, 0.717) is 6.04 Å². The summed E-state index contributed by atoms with van der Waals surface area (Å²) >= 11 is 1.90. The van der Waals surface area contributed by atoms with Crippen LogP contribution in [0.25, 0.3) is 0 Å². The van der Waals surface area contributed by atoms with E-state index in [1.807, 2.05) is 29.7 Å². The van der Waals surface area contributed by atoms with Gasteiger partial charge in [-0.1, -0.05) is 6.92 Å². The molecule has 0 aromatic carbocycles. The van der Waals surface area contributed by atoms with Crippen molar-refractivity contribution in [2.24, 2.45) is 7.05 Å². The van der Waals surface area contributed by atoms with Gasteiger partial charge in [0.25, 0.3) is 0 Å². The molecule has 0 aliphatic rings. The van der Waals surface area contributed by atoms with Gasteiger partial charge < -0.3 is 5.32 Å². The zero-order chi connectivity index (χ0) is 11.8. The third-order valence-electron chi connectivity index (χ3n) is 2.47. The number of thioether (sulfide) groups is 1. The minimum absolute atomic E-state index is 0.648. The van der Waals surface area contributed by atoms with E-state index >= 15 is 0 Å². The summed E-state index contributed by atoms with van der Waals surface area (Å²) in [7, 11) is 1.96. The topological polar surface area (TPSA) is 29.9 Å². The van der Waals surface area contributed by atoms with Crippen LogP contribution in [-0.2, 0) is 7.05 Å². The maximum atomic E-state index is 4.15. The SMILES string of the molecule is CCCNC(C)CCCSc1cnn(C)c1. The van der Waals surface area contributed by atoms with Crippen molar-refractivity contribution in [3.8, 4) is 0 Å². The van der Waals surface area contributed by atoms with E-state index < -0.39 is 0 Å². The maximum Gasteiger partial charge on any atom is 0.0625 e. The molecule has 92 valence electrons. The summed E-state index contributed by atoms with van der Waals surface area (Å²) in [4.78, 5) is 1.27. The highest BCUT2D eigenvalue weighted by molar-refractivity contribution is 7.99. The first-order valence-electron chi connectivity index (χ1n) is 6.07. The average Bonchev–Trinajstić information content (AvgIpc) is 2.67. The van der Waals surface area contributed by atoms with Crippen LogP contribution in [0.2, 0.25) is 0 Å². The molecule has 0 aliphatic heterocycles. The summed E-state index contributed by atoms with van der Waals surface area (Å²) in [6.45, 7) is 5.61. The van der Waals surface area contributed by atoms with Gasteiger partial charge in [0.05, 0.1) is 6.20 Å². The molecular weight excluding hydrogens is 218 g/mol. The fourth-order valence-electron chi connectivity index (χ4n) is 1.55. The summed E-state index contributed by atoms with van der Waals surface area (Å²) in [5.74, 6) is 1.18. The monoisotopic (exact) mass is 241 g/mol. The molecule has 16 heavy (non-hydrogen) atoms. The lowest BCUT2D eigenvalue weighted by Crippen LogP contribution is -2.26. The van der Waals surface area contributed by atoms with Crippen molar-refractivity contribution >= 4 is 11.8 Å². The second-order valence-corrected chi connectivity index (χ2v) is 5.36. The summed E-state index contributed by atoms with van der Waals surface area (Å²) in [6.07, 6.45) is 7.74. The number of aryl methyl sites for hydroxylation is 1. The number of nitrogens with zero attached hydrogens (tertiary/aromatic N) is 2. The van der Waals surface area contributed by atoms with Crippen LogP contribution < -0.4 is 5.32 Å². The van der Waals surface area contributed by atoms with Gasteiger partial charge in [0.1, 0.15) is 0 Å². The van der Waals surface area contributed by atoms with E-state index in [-0.39, 0.29) is 0 Å². The molecule has 3 nitrogen and oxygen atoms in total. The van der Waals surface area contributed by atoms with Gasteiger partial charge in [0.2, 0.25) is 0 Å². The minimum Gasteiger partial charge on any atom is -0.314 e. The van der Waals surface area contributed by atoms with Gasteiger partial charge in [-0.05, 0) is 38.5 Å². The third kappa shape index (κ3) is 5.56. The molecule has 1 unspecified atom stereocenters. The molecule has 1 rings (SSSR count). The molecule has 0 saturated carbocycles. The Balaban J connectivity index is 2.03. The fourth-order valence-corrected chi connectivity index (χ4v) is 2.44. The van der Waals surface area contributed by atoms with Crippen LogP contribution in [0.3, 0.4) is 0 Å². The number of hydrogen-bond acceptors (Lipinski definition) is 3. The van der Waals surface area contributed by atoms with Gasteiger partial charge in [-0.3, -0.25) is 4.68 Å². The van der Waals surface area contributed by atoms with Crippen LogP contribution in [0.5, 0.6) is 0 Å². The van der Waals surface area contributed by atoms with Crippen molar-refractivity contribution in [2.75, 3.05) is 12.3 Å². The lowest BCUT2D eigenvalue weighted by Gasteiger charge is -2.12. The molecule has 0 fully saturated rings. The van der Waals surface area contributed by atoms with Crippen molar-refractivity contribution < 1.29 is 0 Å². The Hall–Kier alpha value is -0.480. The normalized spacial score (nSPS) is 12.9. The van der Waals surface area contributed by atoms with Crippen molar-refractivity contribution in [1.29, 1.82) is 0 Å². The minimum atomic E-state index is 0.648. The van der Waals surface area contributed by atoms with Gasteiger partial charge >= 0.3 is 0 Å². The predicted molar refractivity (Wildman–Crippen MR) is 70.9 cm³/mol. The lowest BCUT2D eigenvalue weighted by atomic mass is 10.2. The molecule has 1 aromatic heterocycles. The summed E-state index contributed by atoms with van der Waals surface area (Å²) in [5, 5.41) is 7.66. The van der Waals surface area contributed by atoms with Gasteiger partial charge in [-0.2, -0.15) is 5.10 Å². The quantitative estimate of drug-likeness (QED) is 0.560. The van der Waals surface area contributed by atoms with E-state index in [1.165, 1.54) is 29.9 Å². The Morgan fingerprint density at radius 2 is 2.38 bits per heavy atom. The smallest absolute Gasteiger partial charge is 0.0625 e. The Morgan fingerprint density at radius 1 is 1.56 bits per heavy atom. The summed E-state index contributed by atoms with van der Waals surface area (Å²) in [5.41, 5.74) is 0. The molecule has 0 aliphatic carbocycles. The van der Waals surface area contributed by atoms with Crippen LogP contribution in [0.15, 0.2) is 17.3 Å². The number of nitrogens with one attached hydrogen (secondary N) is 1. The van der Waals surface area contributed by atoms with Crippen LogP contribution in [0.4, 0.5) is 0 Å². The molecule has 4 heteroatoms. The number of rotatable bonds is 8. The number of hydrogen-bond donors (Lipinski definition) is 1. The van der Waals surface area contributed by atoms with Crippen molar-refractivity contribution in [3.05, 3.63) is 12.4 Å². The highest BCUT2D eigenvalue weighted by Gasteiger charge is 2.01. The van der Waals surface area contributed by atoms with Gasteiger partial charge in [0, 0.05) is 24.2 Å². The van der Waals surface area contributed by atoms with Crippen LogP contribution >= 0.6 is 11.8 Å². The molecule has 0 bridgehead atoms. The van der Waals surface area contributed by atoms with Gasteiger partial charge in [0.15, 0.2) is 0 Å². The molecule has 1 N–H and O–H groups in total. The molecule has 0 radical (unpaired) electrons. The molecule has 1 atom stereocenters. The average molecular weight is 241 g/mol. The molecule has 1 aromatic rings. The predicted octanol–water partition coefficient (Wildman–Crippen LogP) is 2.68. The lowest BCUT2D eigenvalue weighted by molar-refractivity contribution is 0.510. The zero-order valence-corrected chi connectivity index (χ0v) is 11.4. The van der Waals surface area contributed by atoms with Crippen LogP contribution in [-0.4, -0.2) is 28.1 Å². The molecule has 0 amide bonds. The highest BCUT2D eigenvalue weighted by Crippen LogP contribution is 2.18. The molecule has 0 spiro atoms. The first-order valence-corrected chi connectivity index (χ1v) is 7.05. The first kappa shape index (κ1) is 13.6. The van der Waals surface area contributed by atoms with Crippen LogP contribution in [0.1, 0.15) is 33.1 Å². The molecular formula is C12H23N3S. The summed E-state index contributed by atoms with van der Waals surface area (Å²) in [6, 6.07) is 0.648. The van der Waals surface area contributed by atoms with E-state index in [1.54, 1.807) is 0 Å². The van der Waals surface area contributed by atoms with E-state index in [9.17, 15) is 0 Å². The second kappa shape index (κ2) is 7.74. The van der Waals surface area contributed by atoms with E-state index in [4.69, 9.17) is 0 Å². The third-order valence-corrected chi connectivity index (χ3v) is 3.51. The number of aromatic nitrogens is 2. The highest BCUT2D eigenvalue weighted by atomic mass is 32.2. The van der Waals surface area contributed by atoms with E-state index in [0.717, 1.165) is 6.54 Å². The van der Waals surface area contributed by atoms with Gasteiger partial charge in [-0.25, -0.2) is 0 Å². The standard InChI is InChI=1S/C12H23N3S/c1-4-7-13-11(2)6-5-8-16-12-9-14-15(3)10-12/h9-11,13H,4-8H2,1-3H3. The Morgan fingerprint density at radius 3 is 3.00 bits per heavy atom. The molecule has 1 heterocycles. The van der Waals surface area contributed by atoms with Crippen molar-refractivity contribution in [2.45, 2.75) is 44.0 Å². The van der Waals surface area contributed by atoms with Gasteiger partial charge in [-0.15, -0.1) is 11.8 Å². The van der Waals surface area contributed by atoms with Crippen LogP contribution in [0, 0.1) is 0 Å². The van der Waals surface area contributed by atoms with E-state index in [2.05, 4.69) is 30.5 Å². The fraction of sp³-hybridized carbons (Fsp3) is 0.750. The Bertz CT molecular complexity index is 286. The maximum absolute atomic E-state index is 4.15. The van der Waals surface area contributed by atoms with Crippen molar-refractivity contribution in [1.82, 2.24) is 15.1 Å². The van der Waals surface area contributed by atoms with Crippen molar-refractivity contribution in [3.63, 3.8) is 0 Å². The molecule has 0 saturated heterocycles. The largest absolute Gasteiger partial charge is 0.314 e. The first-order chi connectivity index (χ1) is 7.72. The zero-order valence-electron chi connectivity index (χ0n) is 10.6. The second-order valence-electron chi connectivity index (χ2n) is 4.20.